The van der Waals surface area contributed by atoms with Crippen molar-refractivity contribution in [3.8, 4) is 0 Å². The second-order valence-electron chi connectivity index (χ2n) is 15.4. The Morgan fingerprint density at radius 3 is 1.54 bits per heavy atom. The molecule has 0 N–H and O–H groups in total. The first kappa shape index (κ1) is 52.0. The average molecular weight is 782 g/mol. The summed E-state index contributed by atoms with van der Waals surface area (Å²) in [6, 6.07) is 0. The highest BCUT2D eigenvalue weighted by Crippen LogP contribution is 2.38. The third-order valence-electron chi connectivity index (χ3n) is 8.85. The number of phosphoric acid groups is 1. The maximum atomic E-state index is 12.6. The summed E-state index contributed by atoms with van der Waals surface area (Å²) in [6.07, 6.45) is 41.4. The summed E-state index contributed by atoms with van der Waals surface area (Å²) < 4.78 is 33.8. The van der Waals surface area contributed by atoms with Crippen LogP contribution in [0.25, 0.3) is 0 Å². The standard InChI is InChI=1S/C44H80NO8P/c1-6-8-10-12-14-16-18-20-21-22-23-25-27-29-31-33-35-37-44(47)53-42(41-52-54(48,49)51-39-38-45(3,4)5)40-50-43(46)36-34-32-30-28-26-24-19-17-15-13-11-9-7-2/h14,16,20-21,23,25,29,31,42H,6-13,15,17-19,22,24,26-28,30,32-41H2,1-5H3/b16-14-,21-20-,25-23-,31-29-/t42-/m1/s1. The lowest BCUT2D eigenvalue weighted by molar-refractivity contribution is -0.870. The lowest BCUT2D eigenvalue weighted by Crippen LogP contribution is -2.37. The zero-order valence-electron chi connectivity index (χ0n) is 35.2. The van der Waals surface area contributed by atoms with Crippen LogP contribution in [0.3, 0.4) is 0 Å². The monoisotopic (exact) mass is 782 g/mol. The Kier molecular flexibility index (Phi) is 35.2. The van der Waals surface area contributed by atoms with Crippen molar-refractivity contribution in [3.05, 3.63) is 48.6 Å². The van der Waals surface area contributed by atoms with Gasteiger partial charge in [-0.15, -0.1) is 0 Å². The van der Waals surface area contributed by atoms with Crippen molar-refractivity contribution in [2.75, 3.05) is 47.5 Å². The molecule has 0 aromatic rings. The minimum absolute atomic E-state index is 0.0413. The van der Waals surface area contributed by atoms with Crippen molar-refractivity contribution in [3.63, 3.8) is 0 Å². The molecule has 1 unspecified atom stereocenters. The minimum Gasteiger partial charge on any atom is -0.756 e. The molecule has 0 radical (unpaired) electrons. The second-order valence-corrected chi connectivity index (χ2v) is 16.8. The first-order valence-corrected chi connectivity index (χ1v) is 22.8. The molecule has 10 heteroatoms. The number of ether oxygens (including phenoxy) is 2. The molecule has 2 atom stereocenters. The number of phosphoric ester groups is 1. The third kappa shape index (κ3) is 39.7. The number of unbranched alkanes of at least 4 members (excludes halogenated alkanes) is 16. The summed E-state index contributed by atoms with van der Waals surface area (Å²) >= 11 is 0. The molecular formula is C44H80NO8P. The molecule has 314 valence electrons. The number of esters is 2. The van der Waals surface area contributed by atoms with E-state index in [0.717, 1.165) is 38.5 Å². The Morgan fingerprint density at radius 2 is 1.02 bits per heavy atom. The smallest absolute Gasteiger partial charge is 0.306 e. The molecule has 54 heavy (non-hydrogen) atoms. The van der Waals surface area contributed by atoms with Crippen molar-refractivity contribution in [1.82, 2.24) is 0 Å². The van der Waals surface area contributed by atoms with Gasteiger partial charge in [0.2, 0.25) is 0 Å². The number of hydrogen-bond donors (Lipinski definition) is 0. The van der Waals surface area contributed by atoms with E-state index in [1.54, 1.807) is 0 Å². The second kappa shape index (κ2) is 36.6. The fraction of sp³-hybridized carbons (Fsp3) is 0.773. The van der Waals surface area contributed by atoms with Crippen LogP contribution in [0.5, 0.6) is 0 Å². The summed E-state index contributed by atoms with van der Waals surface area (Å²) in [4.78, 5) is 37.4. The van der Waals surface area contributed by atoms with Gasteiger partial charge in [0.05, 0.1) is 27.7 Å². The van der Waals surface area contributed by atoms with Crippen molar-refractivity contribution in [1.29, 1.82) is 0 Å². The molecule has 0 aromatic carbocycles. The summed E-state index contributed by atoms with van der Waals surface area (Å²) in [6.45, 7) is 4.12. The van der Waals surface area contributed by atoms with Crippen molar-refractivity contribution >= 4 is 19.8 Å². The van der Waals surface area contributed by atoms with E-state index in [0.29, 0.717) is 23.9 Å². The topological polar surface area (TPSA) is 111 Å². The number of nitrogens with zero attached hydrogens (tertiary/aromatic N) is 1. The van der Waals surface area contributed by atoms with Crippen LogP contribution in [0.1, 0.15) is 168 Å². The van der Waals surface area contributed by atoms with Crippen LogP contribution in [-0.4, -0.2) is 70.0 Å². The van der Waals surface area contributed by atoms with Crippen molar-refractivity contribution in [2.45, 2.75) is 174 Å². The van der Waals surface area contributed by atoms with Crippen molar-refractivity contribution < 1.29 is 42.1 Å². The van der Waals surface area contributed by atoms with Crippen molar-refractivity contribution in [2.24, 2.45) is 0 Å². The van der Waals surface area contributed by atoms with E-state index >= 15 is 0 Å². The lowest BCUT2D eigenvalue weighted by atomic mass is 10.0. The quantitative estimate of drug-likeness (QED) is 0.0200. The van der Waals surface area contributed by atoms with Crippen LogP contribution in [0.4, 0.5) is 0 Å². The molecule has 0 saturated carbocycles. The van der Waals surface area contributed by atoms with E-state index < -0.39 is 32.5 Å². The van der Waals surface area contributed by atoms with Gasteiger partial charge >= 0.3 is 11.9 Å². The molecule has 9 nitrogen and oxygen atoms in total. The van der Waals surface area contributed by atoms with Gasteiger partial charge in [-0.3, -0.25) is 14.2 Å². The average Bonchev–Trinajstić information content (AvgIpc) is 3.12. The Balaban J connectivity index is 4.49. The van der Waals surface area contributed by atoms with Crippen LogP contribution < -0.4 is 4.89 Å². The molecule has 0 aliphatic rings. The van der Waals surface area contributed by atoms with Gasteiger partial charge in [0.1, 0.15) is 19.8 Å². The minimum atomic E-state index is -4.64. The fourth-order valence-electron chi connectivity index (χ4n) is 5.47. The van der Waals surface area contributed by atoms with Gasteiger partial charge in [-0.05, 0) is 51.4 Å². The summed E-state index contributed by atoms with van der Waals surface area (Å²) in [5.74, 6) is -0.900. The van der Waals surface area contributed by atoms with Gasteiger partial charge in [-0.2, -0.15) is 0 Å². The highest BCUT2D eigenvalue weighted by atomic mass is 31.2. The molecular weight excluding hydrogens is 701 g/mol. The number of quaternary nitrogens is 1. The maximum Gasteiger partial charge on any atom is 0.306 e. The van der Waals surface area contributed by atoms with Crippen LogP contribution in [0, 0.1) is 0 Å². The third-order valence-corrected chi connectivity index (χ3v) is 9.82. The first-order chi connectivity index (χ1) is 26.0. The SMILES string of the molecule is CCCCC/C=C\C/C=C\C/C=C\C/C=C\CCCC(=O)O[C@H](COC(=O)CCCCCCCCCCCCCCC)COP(=O)([O-])OCC[N+](C)(C)C. The first-order valence-electron chi connectivity index (χ1n) is 21.3. The van der Waals surface area contributed by atoms with E-state index in [1.807, 2.05) is 27.2 Å². The number of rotatable bonds is 38. The number of hydrogen-bond acceptors (Lipinski definition) is 8. The molecule has 0 aromatic heterocycles. The maximum absolute atomic E-state index is 12.6. The molecule has 0 bridgehead atoms. The van der Waals surface area contributed by atoms with Crippen LogP contribution in [0.2, 0.25) is 0 Å². The van der Waals surface area contributed by atoms with Crippen LogP contribution >= 0.6 is 7.82 Å². The highest BCUT2D eigenvalue weighted by molar-refractivity contribution is 7.45. The fourth-order valence-corrected chi connectivity index (χ4v) is 6.20. The molecule has 0 spiro atoms. The Hall–Kier alpha value is -2.03. The predicted molar refractivity (Wildman–Crippen MR) is 222 cm³/mol. The van der Waals surface area contributed by atoms with Crippen LogP contribution in [0.15, 0.2) is 48.6 Å². The molecule has 0 rings (SSSR count). The Bertz CT molecular complexity index is 1070. The summed E-state index contributed by atoms with van der Waals surface area (Å²) in [5, 5.41) is 0. The molecule has 0 amide bonds. The lowest BCUT2D eigenvalue weighted by Gasteiger charge is -2.28. The highest BCUT2D eigenvalue weighted by Gasteiger charge is 2.21. The number of carbonyl (C=O) groups is 2. The Labute approximate surface area is 331 Å². The summed E-state index contributed by atoms with van der Waals surface area (Å²) in [7, 11) is 1.13. The zero-order chi connectivity index (χ0) is 40.0. The number of carbonyl (C=O) groups excluding carboxylic acids is 2. The molecule has 0 fully saturated rings. The van der Waals surface area contributed by atoms with Gasteiger partial charge in [0.15, 0.2) is 6.10 Å². The number of likely N-dealkylation sites (N-methyl/N-ethyl adjacent to an activating group) is 1. The van der Waals surface area contributed by atoms with E-state index in [9.17, 15) is 19.0 Å². The van der Waals surface area contributed by atoms with Gasteiger partial charge in [0, 0.05) is 12.8 Å². The normalized spacial score (nSPS) is 14.1. The molecule has 0 heterocycles. The number of allylic oxidation sites excluding steroid dienone is 8. The van der Waals surface area contributed by atoms with Crippen LogP contribution in [-0.2, 0) is 32.7 Å². The van der Waals surface area contributed by atoms with Gasteiger partial charge < -0.3 is 27.9 Å². The van der Waals surface area contributed by atoms with E-state index in [1.165, 1.54) is 89.9 Å². The summed E-state index contributed by atoms with van der Waals surface area (Å²) in [5.41, 5.74) is 0. The Morgan fingerprint density at radius 1 is 0.574 bits per heavy atom. The van der Waals surface area contributed by atoms with E-state index in [2.05, 4.69) is 56.4 Å². The van der Waals surface area contributed by atoms with E-state index in [4.69, 9.17) is 18.5 Å². The van der Waals surface area contributed by atoms with Gasteiger partial charge in [0.25, 0.3) is 7.82 Å². The van der Waals surface area contributed by atoms with E-state index in [-0.39, 0.29) is 26.1 Å². The zero-order valence-corrected chi connectivity index (χ0v) is 36.0. The molecule has 0 aliphatic heterocycles. The van der Waals surface area contributed by atoms with Gasteiger partial charge in [-0.1, -0.05) is 152 Å². The van der Waals surface area contributed by atoms with Gasteiger partial charge in [-0.25, -0.2) is 0 Å². The molecule has 0 aliphatic carbocycles. The molecule has 0 saturated heterocycles. The predicted octanol–water partition coefficient (Wildman–Crippen LogP) is 11.3. The largest absolute Gasteiger partial charge is 0.756 e.